The first kappa shape index (κ1) is 15.3. The Balaban J connectivity index is 1.61. The number of benzene rings is 1. The number of carbonyl (C=O) groups excluding carboxylic acids is 1. The van der Waals surface area contributed by atoms with Crippen LogP contribution in [-0.2, 0) is 4.74 Å². The molecule has 1 N–H and O–H groups in total. The first-order chi connectivity index (χ1) is 9.77. The number of ether oxygens (including phenoxy) is 1. The van der Waals surface area contributed by atoms with Crippen molar-refractivity contribution < 1.29 is 9.53 Å². The molecular formula is C16H22ClNO2. The van der Waals surface area contributed by atoms with Gasteiger partial charge >= 0.3 is 0 Å². The minimum Gasteiger partial charge on any atom is -0.378 e. The van der Waals surface area contributed by atoms with E-state index in [1.54, 1.807) is 12.1 Å². The fourth-order valence-electron chi connectivity index (χ4n) is 2.50. The van der Waals surface area contributed by atoms with E-state index in [4.69, 9.17) is 16.3 Å². The van der Waals surface area contributed by atoms with E-state index in [0.717, 1.165) is 6.42 Å². The molecule has 1 aliphatic rings. The molecule has 0 unspecified atom stereocenters. The maximum absolute atomic E-state index is 11.9. The van der Waals surface area contributed by atoms with Crippen molar-refractivity contribution in [3.05, 3.63) is 34.9 Å². The van der Waals surface area contributed by atoms with E-state index in [2.05, 4.69) is 5.32 Å². The summed E-state index contributed by atoms with van der Waals surface area (Å²) in [6.45, 7) is 1.34. The molecule has 1 saturated carbocycles. The van der Waals surface area contributed by atoms with Gasteiger partial charge in [-0.3, -0.25) is 4.79 Å². The SMILES string of the molecule is O=C(NCCCOC1CCCCC1)c1ccccc1Cl. The Labute approximate surface area is 125 Å². The molecule has 20 heavy (non-hydrogen) atoms. The van der Waals surface area contributed by atoms with Crippen molar-refractivity contribution in [3.8, 4) is 0 Å². The molecule has 1 fully saturated rings. The van der Waals surface area contributed by atoms with E-state index < -0.39 is 0 Å². The van der Waals surface area contributed by atoms with Gasteiger partial charge in [0.2, 0.25) is 0 Å². The molecule has 0 bridgehead atoms. The van der Waals surface area contributed by atoms with E-state index in [-0.39, 0.29) is 5.91 Å². The van der Waals surface area contributed by atoms with Gasteiger partial charge in [0.15, 0.2) is 0 Å². The largest absolute Gasteiger partial charge is 0.378 e. The summed E-state index contributed by atoms with van der Waals surface area (Å²) in [5.74, 6) is -0.117. The van der Waals surface area contributed by atoms with Crippen molar-refractivity contribution in [2.75, 3.05) is 13.2 Å². The molecule has 1 amide bonds. The number of amides is 1. The monoisotopic (exact) mass is 295 g/mol. The summed E-state index contributed by atoms with van der Waals surface area (Å²) >= 11 is 5.98. The lowest BCUT2D eigenvalue weighted by atomic mass is 9.98. The molecule has 1 aliphatic carbocycles. The van der Waals surface area contributed by atoms with Crippen molar-refractivity contribution in [1.29, 1.82) is 0 Å². The molecule has 0 saturated heterocycles. The molecule has 1 aromatic rings. The van der Waals surface area contributed by atoms with Gasteiger partial charge in [-0.1, -0.05) is 43.0 Å². The summed E-state index contributed by atoms with van der Waals surface area (Å²) < 4.78 is 5.82. The standard InChI is InChI=1S/C16H22ClNO2/c17-15-10-5-4-9-14(15)16(19)18-11-6-12-20-13-7-2-1-3-8-13/h4-5,9-10,13H,1-3,6-8,11-12H2,(H,18,19). The Bertz CT molecular complexity index is 430. The minimum absolute atomic E-state index is 0.117. The Kier molecular flexibility index (Phi) is 6.34. The Hall–Kier alpha value is -1.06. The second-order valence-corrected chi connectivity index (χ2v) is 5.63. The van der Waals surface area contributed by atoms with Gasteiger partial charge in [0.05, 0.1) is 16.7 Å². The van der Waals surface area contributed by atoms with E-state index in [1.165, 1.54) is 32.1 Å². The zero-order valence-corrected chi connectivity index (χ0v) is 12.5. The predicted molar refractivity (Wildman–Crippen MR) is 81.2 cm³/mol. The molecule has 0 radical (unpaired) electrons. The van der Waals surface area contributed by atoms with Crippen LogP contribution in [0.15, 0.2) is 24.3 Å². The van der Waals surface area contributed by atoms with Gasteiger partial charge in [0.25, 0.3) is 5.91 Å². The third kappa shape index (κ3) is 4.80. The average molecular weight is 296 g/mol. The number of carbonyl (C=O) groups is 1. The van der Waals surface area contributed by atoms with Gasteiger partial charge in [-0.25, -0.2) is 0 Å². The minimum atomic E-state index is -0.117. The Morgan fingerprint density at radius 1 is 1.25 bits per heavy atom. The van der Waals surface area contributed by atoms with E-state index in [1.807, 2.05) is 12.1 Å². The number of nitrogens with one attached hydrogen (secondary N) is 1. The predicted octanol–water partition coefficient (Wildman–Crippen LogP) is 3.81. The lowest BCUT2D eigenvalue weighted by Gasteiger charge is -2.21. The topological polar surface area (TPSA) is 38.3 Å². The third-order valence-electron chi connectivity index (χ3n) is 3.63. The fourth-order valence-corrected chi connectivity index (χ4v) is 2.72. The smallest absolute Gasteiger partial charge is 0.252 e. The summed E-state index contributed by atoms with van der Waals surface area (Å²) in [5, 5.41) is 3.36. The van der Waals surface area contributed by atoms with Gasteiger partial charge in [-0.15, -0.1) is 0 Å². The van der Waals surface area contributed by atoms with Gasteiger partial charge in [0, 0.05) is 13.2 Å². The first-order valence-corrected chi connectivity index (χ1v) is 7.79. The van der Waals surface area contributed by atoms with Gasteiger partial charge in [-0.2, -0.15) is 0 Å². The number of rotatable bonds is 6. The van der Waals surface area contributed by atoms with Crippen LogP contribution in [-0.4, -0.2) is 25.2 Å². The summed E-state index contributed by atoms with van der Waals surface area (Å²) in [6, 6.07) is 7.09. The van der Waals surface area contributed by atoms with Crippen molar-refractivity contribution in [3.63, 3.8) is 0 Å². The van der Waals surface area contributed by atoms with Crippen LogP contribution in [0.4, 0.5) is 0 Å². The molecule has 2 rings (SSSR count). The van der Waals surface area contributed by atoms with Crippen LogP contribution in [0.2, 0.25) is 5.02 Å². The van der Waals surface area contributed by atoms with Crippen LogP contribution in [0.1, 0.15) is 48.9 Å². The quantitative estimate of drug-likeness (QED) is 0.811. The Morgan fingerprint density at radius 3 is 2.75 bits per heavy atom. The second kappa shape index (κ2) is 8.28. The average Bonchev–Trinajstić information content (AvgIpc) is 2.48. The molecule has 0 aromatic heterocycles. The zero-order chi connectivity index (χ0) is 14.2. The van der Waals surface area contributed by atoms with Crippen LogP contribution in [0.5, 0.6) is 0 Å². The molecule has 4 heteroatoms. The highest BCUT2D eigenvalue weighted by molar-refractivity contribution is 6.33. The molecule has 110 valence electrons. The molecule has 3 nitrogen and oxygen atoms in total. The fraction of sp³-hybridized carbons (Fsp3) is 0.562. The molecular weight excluding hydrogens is 274 g/mol. The molecule has 0 heterocycles. The number of hydrogen-bond donors (Lipinski definition) is 1. The van der Waals surface area contributed by atoms with Gasteiger partial charge < -0.3 is 10.1 Å². The highest BCUT2D eigenvalue weighted by Crippen LogP contribution is 2.20. The highest BCUT2D eigenvalue weighted by atomic mass is 35.5. The number of hydrogen-bond acceptors (Lipinski definition) is 2. The Morgan fingerprint density at radius 2 is 2.00 bits per heavy atom. The maximum atomic E-state index is 11.9. The van der Waals surface area contributed by atoms with Crippen molar-refractivity contribution >= 4 is 17.5 Å². The van der Waals surface area contributed by atoms with Crippen molar-refractivity contribution in [2.24, 2.45) is 0 Å². The first-order valence-electron chi connectivity index (χ1n) is 7.41. The van der Waals surface area contributed by atoms with Crippen LogP contribution in [0.3, 0.4) is 0 Å². The molecule has 0 spiro atoms. The highest BCUT2D eigenvalue weighted by Gasteiger charge is 2.13. The zero-order valence-electron chi connectivity index (χ0n) is 11.7. The maximum Gasteiger partial charge on any atom is 0.252 e. The van der Waals surface area contributed by atoms with Crippen molar-refractivity contribution in [1.82, 2.24) is 5.32 Å². The van der Waals surface area contributed by atoms with Crippen LogP contribution in [0.25, 0.3) is 0 Å². The van der Waals surface area contributed by atoms with Gasteiger partial charge in [-0.05, 0) is 31.4 Å². The third-order valence-corrected chi connectivity index (χ3v) is 3.96. The molecule has 1 aromatic carbocycles. The van der Waals surface area contributed by atoms with E-state index in [0.29, 0.717) is 29.8 Å². The van der Waals surface area contributed by atoms with E-state index >= 15 is 0 Å². The van der Waals surface area contributed by atoms with Crippen LogP contribution >= 0.6 is 11.6 Å². The molecule has 0 aliphatic heterocycles. The van der Waals surface area contributed by atoms with Crippen LogP contribution < -0.4 is 5.32 Å². The summed E-state index contributed by atoms with van der Waals surface area (Å²) in [6.07, 6.45) is 7.56. The van der Waals surface area contributed by atoms with E-state index in [9.17, 15) is 4.79 Å². The normalized spacial score (nSPS) is 16.1. The molecule has 0 atom stereocenters. The summed E-state index contributed by atoms with van der Waals surface area (Å²) in [4.78, 5) is 11.9. The lowest BCUT2D eigenvalue weighted by molar-refractivity contribution is 0.0273. The van der Waals surface area contributed by atoms with Gasteiger partial charge in [0.1, 0.15) is 0 Å². The van der Waals surface area contributed by atoms with Crippen molar-refractivity contribution in [2.45, 2.75) is 44.6 Å². The van der Waals surface area contributed by atoms with Crippen LogP contribution in [0, 0.1) is 0 Å². The summed E-state index contributed by atoms with van der Waals surface area (Å²) in [5.41, 5.74) is 0.530. The lowest BCUT2D eigenvalue weighted by Crippen LogP contribution is -2.26. The summed E-state index contributed by atoms with van der Waals surface area (Å²) in [7, 11) is 0. The number of halogens is 1. The second-order valence-electron chi connectivity index (χ2n) is 5.22.